The summed E-state index contributed by atoms with van der Waals surface area (Å²) >= 11 is 0. The van der Waals surface area contributed by atoms with Crippen LogP contribution in [-0.2, 0) is 0 Å². The van der Waals surface area contributed by atoms with E-state index in [9.17, 15) is 10.2 Å². The number of hydrogen-bond donors (Lipinski definition) is 2. The first-order valence-corrected chi connectivity index (χ1v) is 4.36. The van der Waals surface area contributed by atoms with Gasteiger partial charge in [-0.15, -0.1) is 0 Å². The van der Waals surface area contributed by atoms with Gasteiger partial charge in [-0.3, -0.25) is 0 Å². The van der Waals surface area contributed by atoms with Crippen molar-refractivity contribution in [2.75, 3.05) is 0 Å². The largest absolute Gasteiger partial charge is 0.390 e. The fourth-order valence-electron chi connectivity index (χ4n) is 2.18. The summed E-state index contributed by atoms with van der Waals surface area (Å²) in [7, 11) is 0. The Hall–Kier alpha value is -0.0800. The van der Waals surface area contributed by atoms with Crippen molar-refractivity contribution in [2.24, 2.45) is 11.8 Å². The average molecular weight is 158 g/mol. The predicted octanol–water partition coefficient (Wildman–Crippen LogP) is 1.16. The Kier molecular flexibility index (Phi) is 2.26. The maximum Gasteiger partial charge on any atom is 0.0907 e. The highest BCUT2D eigenvalue weighted by molar-refractivity contribution is 4.96. The van der Waals surface area contributed by atoms with Crippen molar-refractivity contribution in [3.05, 3.63) is 0 Å². The zero-order valence-corrected chi connectivity index (χ0v) is 7.54. The van der Waals surface area contributed by atoms with Crippen LogP contribution in [0, 0.1) is 11.8 Å². The molecule has 0 spiro atoms. The van der Waals surface area contributed by atoms with Gasteiger partial charge in [-0.2, -0.15) is 0 Å². The highest BCUT2D eigenvalue weighted by Gasteiger charge is 2.45. The van der Waals surface area contributed by atoms with E-state index in [2.05, 4.69) is 13.8 Å². The van der Waals surface area contributed by atoms with Crippen molar-refractivity contribution >= 4 is 0 Å². The summed E-state index contributed by atoms with van der Waals surface area (Å²) < 4.78 is 0. The molecular formula is C9H18O2. The molecule has 2 heteroatoms. The Morgan fingerprint density at radius 2 is 1.91 bits per heavy atom. The van der Waals surface area contributed by atoms with Crippen molar-refractivity contribution in [2.45, 2.75) is 45.3 Å². The minimum atomic E-state index is -0.853. The molecule has 0 radical (unpaired) electrons. The van der Waals surface area contributed by atoms with E-state index < -0.39 is 11.7 Å². The Bertz CT molecular complexity index is 140. The second-order valence-corrected chi connectivity index (χ2v) is 4.17. The molecule has 0 heterocycles. The molecule has 0 aromatic carbocycles. The number of hydrogen-bond acceptors (Lipinski definition) is 2. The van der Waals surface area contributed by atoms with Crippen LogP contribution in [0.5, 0.6) is 0 Å². The molecule has 3 atom stereocenters. The minimum absolute atomic E-state index is 0.262. The molecule has 1 aliphatic carbocycles. The summed E-state index contributed by atoms with van der Waals surface area (Å²) in [6, 6.07) is 0. The molecule has 0 aromatic heterocycles. The fourth-order valence-corrected chi connectivity index (χ4v) is 2.18. The smallest absolute Gasteiger partial charge is 0.0907 e. The minimum Gasteiger partial charge on any atom is -0.390 e. The van der Waals surface area contributed by atoms with E-state index in [1.165, 1.54) is 0 Å². The third-order valence-corrected chi connectivity index (χ3v) is 2.98. The van der Waals surface area contributed by atoms with E-state index >= 15 is 0 Å². The Balaban J connectivity index is 2.70. The molecule has 1 saturated carbocycles. The van der Waals surface area contributed by atoms with Crippen LogP contribution in [-0.4, -0.2) is 21.9 Å². The van der Waals surface area contributed by atoms with E-state index in [1.54, 1.807) is 6.92 Å². The van der Waals surface area contributed by atoms with Gasteiger partial charge in [-0.25, -0.2) is 0 Å². The molecule has 0 saturated heterocycles. The molecule has 2 N–H and O–H groups in total. The van der Waals surface area contributed by atoms with Crippen LogP contribution in [0.25, 0.3) is 0 Å². The quantitative estimate of drug-likeness (QED) is 0.601. The molecule has 0 bridgehead atoms. The standard InChI is InChI=1S/C9H18O2/c1-6(2)7-4-5-8(10)9(7,3)11/h6-8,10-11H,4-5H2,1-3H3/t7-,8+,9-/m1/s1. The Morgan fingerprint density at radius 1 is 1.36 bits per heavy atom. The highest BCUT2D eigenvalue weighted by atomic mass is 16.3. The first-order valence-electron chi connectivity index (χ1n) is 4.36. The predicted molar refractivity (Wildman–Crippen MR) is 44.2 cm³/mol. The fraction of sp³-hybridized carbons (Fsp3) is 1.00. The van der Waals surface area contributed by atoms with Gasteiger partial charge < -0.3 is 10.2 Å². The van der Waals surface area contributed by atoms with Crippen LogP contribution in [0.4, 0.5) is 0 Å². The molecule has 0 unspecified atom stereocenters. The van der Waals surface area contributed by atoms with Gasteiger partial charge in [0.1, 0.15) is 0 Å². The SMILES string of the molecule is CC(C)[C@H]1CC[C@H](O)[C@]1(C)O. The van der Waals surface area contributed by atoms with Crippen LogP contribution < -0.4 is 0 Å². The van der Waals surface area contributed by atoms with E-state index in [1.807, 2.05) is 0 Å². The zero-order valence-electron chi connectivity index (χ0n) is 7.54. The van der Waals surface area contributed by atoms with Gasteiger partial charge in [0.15, 0.2) is 0 Å². The lowest BCUT2D eigenvalue weighted by atomic mass is 9.83. The normalized spacial score (nSPS) is 45.3. The summed E-state index contributed by atoms with van der Waals surface area (Å²) in [6.07, 6.45) is 1.18. The average Bonchev–Trinajstić information content (AvgIpc) is 2.08. The number of rotatable bonds is 1. The second kappa shape index (κ2) is 2.76. The molecule has 0 amide bonds. The van der Waals surface area contributed by atoms with Crippen molar-refractivity contribution in [3.8, 4) is 0 Å². The maximum absolute atomic E-state index is 9.84. The Labute approximate surface area is 68.2 Å². The zero-order chi connectivity index (χ0) is 8.65. The van der Waals surface area contributed by atoms with Crippen LogP contribution in [0.15, 0.2) is 0 Å². The molecule has 1 rings (SSSR count). The van der Waals surface area contributed by atoms with E-state index in [4.69, 9.17) is 0 Å². The second-order valence-electron chi connectivity index (χ2n) is 4.17. The molecular weight excluding hydrogens is 140 g/mol. The topological polar surface area (TPSA) is 40.5 Å². The summed E-state index contributed by atoms with van der Waals surface area (Å²) in [5, 5.41) is 19.3. The van der Waals surface area contributed by atoms with Crippen LogP contribution in [0.1, 0.15) is 33.6 Å². The third kappa shape index (κ3) is 1.42. The van der Waals surface area contributed by atoms with Crippen LogP contribution in [0.2, 0.25) is 0 Å². The van der Waals surface area contributed by atoms with Gasteiger partial charge in [0.2, 0.25) is 0 Å². The third-order valence-electron chi connectivity index (χ3n) is 2.98. The summed E-state index contributed by atoms with van der Waals surface area (Å²) in [6.45, 7) is 5.93. The maximum atomic E-state index is 9.84. The van der Waals surface area contributed by atoms with Crippen molar-refractivity contribution < 1.29 is 10.2 Å². The first kappa shape index (κ1) is 9.01. The number of aliphatic hydroxyl groups is 2. The molecule has 1 fully saturated rings. The monoisotopic (exact) mass is 158 g/mol. The lowest BCUT2D eigenvalue weighted by molar-refractivity contribution is -0.0764. The van der Waals surface area contributed by atoms with Crippen molar-refractivity contribution in [1.29, 1.82) is 0 Å². The summed E-state index contributed by atoms with van der Waals surface area (Å²) in [5.41, 5.74) is -0.853. The molecule has 0 aromatic rings. The summed E-state index contributed by atoms with van der Waals surface area (Å²) in [4.78, 5) is 0. The van der Waals surface area contributed by atoms with Gasteiger partial charge in [-0.05, 0) is 31.6 Å². The molecule has 11 heavy (non-hydrogen) atoms. The lowest BCUT2D eigenvalue weighted by Gasteiger charge is -2.31. The van der Waals surface area contributed by atoms with E-state index in [0.717, 1.165) is 12.8 Å². The van der Waals surface area contributed by atoms with Crippen molar-refractivity contribution in [1.82, 2.24) is 0 Å². The molecule has 1 aliphatic rings. The first-order chi connectivity index (χ1) is 4.96. The summed E-state index contributed by atoms with van der Waals surface area (Å²) in [5.74, 6) is 0.722. The van der Waals surface area contributed by atoms with E-state index in [-0.39, 0.29) is 5.92 Å². The van der Waals surface area contributed by atoms with Gasteiger partial charge in [0.05, 0.1) is 11.7 Å². The van der Waals surface area contributed by atoms with Crippen molar-refractivity contribution in [3.63, 3.8) is 0 Å². The molecule has 66 valence electrons. The molecule has 0 aliphatic heterocycles. The van der Waals surface area contributed by atoms with Crippen LogP contribution >= 0.6 is 0 Å². The lowest BCUT2D eigenvalue weighted by Crippen LogP contribution is -2.41. The Morgan fingerprint density at radius 3 is 2.09 bits per heavy atom. The molecule has 2 nitrogen and oxygen atoms in total. The van der Waals surface area contributed by atoms with Gasteiger partial charge in [0, 0.05) is 0 Å². The highest BCUT2D eigenvalue weighted by Crippen LogP contribution is 2.39. The van der Waals surface area contributed by atoms with Crippen LogP contribution in [0.3, 0.4) is 0 Å². The van der Waals surface area contributed by atoms with E-state index in [0.29, 0.717) is 5.92 Å². The number of aliphatic hydroxyl groups excluding tert-OH is 1. The van der Waals surface area contributed by atoms with Gasteiger partial charge in [-0.1, -0.05) is 13.8 Å². The van der Waals surface area contributed by atoms with Gasteiger partial charge >= 0.3 is 0 Å². The van der Waals surface area contributed by atoms with Gasteiger partial charge in [0.25, 0.3) is 0 Å².